The van der Waals surface area contributed by atoms with Crippen LogP contribution < -0.4 is 4.90 Å². The van der Waals surface area contributed by atoms with Crippen LogP contribution in [0.2, 0.25) is 0 Å². The average Bonchev–Trinajstić information content (AvgIpc) is 3.66. The number of rotatable bonds is 11. The fraction of sp³-hybridized carbons (Fsp3) is 0.250. The normalized spacial score (nSPS) is 20.9. The lowest BCUT2D eigenvalue weighted by Gasteiger charge is -2.46. The third-order valence-electron chi connectivity index (χ3n) is 11.1. The van der Waals surface area contributed by atoms with Gasteiger partial charge in [0.2, 0.25) is 5.91 Å². The fourth-order valence-electron chi connectivity index (χ4n) is 7.76. The van der Waals surface area contributed by atoms with Crippen LogP contribution in [0.1, 0.15) is 61.9 Å². The molecular weight excluding hydrogens is 779 g/mol. The summed E-state index contributed by atoms with van der Waals surface area (Å²) in [6.45, 7) is 12.8. The van der Waals surface area contributed by atoms with Crippen LogP contribution in [0.15, 0.2) is 124 Å². The van der Waals surface area contributed by atoms with E-state index in [9.17, 15) is 19.5 Å². The topological polar surface area (TPSA) is 81.2 Å². The van der Waals surface area contributed by atoms with Crippen LogP contribution in [0.5, 0.6) is 0 Å². The van der Waals surface area contributed by atoms with Crippen molar-refractivity contribution in [2.75, 3.05) is 18.0 Å². The number of amides is 2. The number of allylic oxidation sites excluding steroid dienone is 2. The summed E-state index contributed by atoms with van der Waals surface area (Å²) in [6, 6.07) is 32.1. The molecule has 4 aromatic carbocycles. The van der Waals surface area contributed by atoms with Gasteiger partial charge in [0, 0.05) is 17.9 Å². The molecular formula is C48H47N3O4S3. The van der Waals surface area contributed by atoms with Gasteiger partial charge in [0.05, 0.1) is 15.8 Å². The Labute approximate surface area is 355 Å². The molecule has 0 saturated carbocycles. The zero-order valence-corrected chi connectivity index (χ0v) is 36.1. The SMILES string of the molecule is CCN1C(=O)/C(=C2/SC(Cc3ccc(-c4ccc(/C=C/c5ccc(N(c6ccc(C)cc6C)C6(C)CC=C(C)C=C6C)cc5)cc4)cc3)C(=O)N2CC(=O)O)SC1=S. The van der Waals surface area contributed by atoms with E-state index < -0.39 is 17.8 Å². The molecule has 0 aromatic heterocycles. The highest BCUT2D eigenvalue weighted by Crippen LogP contribution is 2.46. The van der Waals surface area contributed by atoms with E-state index in [2.05, 4.69) is 131 Å². The van der Waals surface area contributed by atoms with Crippen LogP contribution >= 0.6 is 35.7 Å². The van der Waals surface area contributed by atoms with Crippen molar-refractivity contribution >= 4 is 81.4 Å². The van der Waals surface area contributed by atoms with Crippen molar-refractivity contribution in [1.29, 1.82) is 0 Å². The Morgan fingerprint density at radius 2 is 1.52 bits per heavy atom. The molecule has 4 aromatic rings. The Morgan fingerprint density at radius 1 is 0.897 bits per heavy atom. The summed E-state index contributed by atoms with van der Waals surface area (Å²) in [5.41, 5.74) is 12.6. The van der Waals surface area contributed by atoms with E-state index in [0.717, 1.165) is 51.7 Å². The second-order valence-corrected chi connectivity index (χ2v) is 18.1. The Morgan fingerprint density at radius 3 is 2.09 bits per heavy atom. The monoisotopic (exact) mass is 825 g/mol. The minimum absolute atomic E-state index is 0.191. The third-order valence-corrected chi connectivity index (χ3v) is 14.0. The second kappa shape index (κ2) is 17.0. The molecule has 2 aliphatic heterocycles. The molecule has 296 valence electrons. The Bertz CT molecular complexity index is 2420. The molecule has 2 amide bonds. The smallest absolute Gasteiger partial charge is 0.323 e. The summed E-state index contributed by atoms with van der Waals surface area (Å²) >= 11 is 7.73. The quantitative estimate of drug-likeness (QED) is 0.0910. The van der Waals surface area contributed by atoms with Gasteiger partial charge >= 0.3 is 5.97 Å². The fourth-order valence-corrected chi connectivity index (χ4v) is 10.6. The van der Waals surface area contributed by atoms with Crippen LogP contribution in [0.4, 0.5) is 11.4 Å². The van der Waals surface area contributed by atoms with Gasteiger partial charge in [-0.3, -0.25) is 24.2 Å². The summed E-state index contributed by atoms with van der Waals surface area (Å²) in [5, 5.41) is 9.37. The zero-order chi connectivity index (χ0) is 41.3. The van der Waals surface area contributed by atoms with E-state index in [-0.39, 0.29) is 17.4 Å². The minimum atomic E-state index is -1.14. The number of aliphatic carboxylic acids is 1. The summed E-state index contributed by atoms with van der Waals surface area (Å²) < 4.78 is 0.410. The number of hydrogen-bond acceptors (Lipinski definition) is 7. The highest BCUT2D eigenvalue weighted by molar-refractivity contribution is 8.27. The van der Waals surface area contributed by atoms with Crippen LogP contribution in [0.3, 0.4) is 0 Å². The summed E-state index contributed by atoms with van der Waals surface area (Å²) in [7, 11) is 0. The molecule has 2 fully saturated rings. The first-order chi connectivity index (χ1) is 27.7. The maximum Gasteiger partial charge on any atom is 0.323 e. The Kier molecular flexibility index (Phi) is 12.0. The first-order valence-electron chi connectivity index (χ1n) is 19.4. The Hall–Kier alpha value is -5.16. The molecule has 7 rings (SSSR count). The number of carboxylic acids is 1. The molecule has 2 saturated heterocycles. The number of likely N-dealkylation sites (N-methyl/N-ethyl adjacent to an activating group) is 1. The number of benzene rings is 4. The lowest BCUT2D eigenvalue weighted by molar-refractivity contribution is -0.142. The average molecular weight is 826 g/mol. The van der Waals surface area contributed by atoms with Crippen molar-refractivity contribution in [2.24, 2.45) is 0 Å². The molecule has 2 unspecified atom stereocenters. The van der Waals surface area contributed by atoms with Gasteiger partial charge in [-0.2, -0.15) is 0 Å². The maximum atomic E-state index is 13.5. The number of carbonyl (C=O) groups is 3. The predicted molar refractivity (Wildman–Crippen MR) is 245 cm³/mol. The van der Waals surface area contributed by atoms with Gasteiger partial charge in [-0.15, -0.1) is 0 Å². The first-order valence-corrected chi connectivity index (χ1v) is 21.5. The van der Waals surface area contributed by atoms with E-state index in [4.69, 9.17) is 12.2 Å². The maximum absolute atomic E-state index is 13.5. The molecule has 7 nitrogen and oxygen atoms in total. The standard InChI is InChI=1S/C48H47N3O4S3/c1-7-49-45(55)43(58-47(49)56)46-50(29-42(52)53)44(54)41(57-46)28-36-13-19-38(20-14-36)37-17-11-34(12-18-37)9-10-35-15-21-39(22-16-35)51(40-23-8-30(2)26-32(40)4)48(6)25-24-31(3)27-33(48)5/h8-24,26-27,41H,7,25,28-29H2,1-6H3,(H,52,53)/b10-9+,46-43-. The lowest BCUT2D eigenvalue weighted by atomic mass is 9.81. The molecule has 1 N–H and O–H groups in total. The first kappa shape index (κ1) is 41.0. The summed E-state index contributed by atoms with van der Waals surface area (Å²) in [4.78, 5) is 43.7. The number of thiocarbonyl (C=S) groups is 1. The van der Waals surface area contributed by atoms with Crippen LogP contribution in [-0.2, 0) is 20.8 Å². The number of thioether (sulfide) groups is 2. The van der Waals surface area contributed by atoms with Crippen molar-refractivity contribution in [2.45, 2.75) is 65.2 Å². The largest absolute Gasteiger partial charge is 0.480 e. The van der Waals surface area contributed by atoms with E-state index in [1.807, 2.05) is 31.2 Å². The third kappa shape index (κ3) is 8.37. The van der Waals surface area contributed by atoms with Crippen molar-refractivity contribution in [3.05, 3.63) is 152 Å². The van der Waals surface area contributed by atoms with Gasteiger partial charge in [-0.25, -0.2) is 0 Å². The number of carboxylic acid groups (broad SMARTS) is 1. The van der Waals surface area contributed by atoms with Gasteiger partial charge in [-0.05, 0) is 112 Å². The van der Waals surface area contributed by atoms with E-state index in [1.54, 1.807) is 0 Å². The highest BCUT2D eigenvalue weighted by Gasteiger charge is 2.44. The van der Waals surface area contributed by atoms with Crippen molar-refractivity contribution in [3.63, 3.8) is 0 Å². The van der Waals surface area contributed by atoms with Gasteiger partial charge in [0.25, 0.3) is 5.91 Å². The lowest BCUT2D eigenvalue weighted by Crippen LogP contribution is -2.45. The van der Waals surface area contributed by atoms with Gasteiger partial charge in [-0.1, -0.05) is 144 Å². The molecule has 0 radical (unpaired) electrons. The molecule has 58 heavy (non-hydrogen) atoms. The molecule has 2 heterocycles. The summed E-state index contributed by atoms with van der Waals surface area (Å²) in [6.07, 6.45) is 10.3. The highest BCUT2D eigenvalue weighted by atomic mass is 32.2. The zero-order valence-electron chi connectivity index (χ0n) is 33.6. The number of anilines is 2. The van der Waals surface area contributed by atoms with Crippen LogP contribution in [0, 0.1) is 13.8 Å². The number of aryl methyl sites for hydroxylation is 2. The number of nitrogens with zero attached hydrogens (tertiary/aromatic N) is 3. The van der Waals surface area contributed by atoms with E-state index in [1.165, 1.54) is 49.5 Å². The molecule has 3 aliphatic rings. The Balaban J connectivity index is 1.03. The van der Waals surface area contributed by atoms with Gasteiger partial charge in [0.1, 0.15) is 15.8 Å². The molecule has 1 aliphatic carbocycles. The molecule has 2 atom stereocenters. The second-order valence-electron chi connectivity index (χ2n) is 15.3. The molecule has 10 heteroatoms. The van der Waals surface area contributed by atoms with Crippen molar-refractivity contribution in [3.8, 4) is 11.1 Å². The van der Waals surface area contributed by atoms with Gasteiger partial charge < -0.3 is 10.0 Å². The van der Waals surface area contributed by atoms with Crippen molar-refractivity contribution in [1.82, 2.24) is 9.80 Å². The number of hydrogen-bond donors (Lipinski definition) is 1. The van der Waals surface area contributed by atoms with E-state index in [0.29, 0.717) is 27.2 Å². The van der Waals surface area contributed by atoms with Crippen LogP contribution in [0.25, 0.3) is 23.3 Å². The van der Waals surface area contributed by atoms with Gasteiger partial charge in [0.15, 0.2) is 0 Å². The molecule has 0 bridgehead atoms. The van der Waals surface area contributed by atoms with Crippen LogP contribution in [-0.4, -0.2) is 60.9 Å². The van der Waals surface area contributed by atoms with Crippen molar-refractivity contribution < 1.29 is 19.5 Å². The van der Waals surface area contributed by atoms with E-state index >= 15 is 0 Å². The summed E-state index contributed by atoms with van der Waals surface area (Å²) in [5.74, 6) is -1.75. The predicted octanol–water partition coefficient (Wildman–Crippen LogP) is 11.0. The molecule has 0 spiro atoms. The number of carbonyl (C=O) groups excluding carboxylic acids is 2. The minimum Gasteiger partial charge on any atom is -0.480 e.